The average Bonchev–Trinajstić information content (AvgIpc) is 2.66. The van der Waals surface area contributed by atoms with Gasteiger partial charge in [-0.2, -0.15) is 0 Å². The Labute approximate surface area is 164 Å². The lowest BCUT2D eigenvalue weighted by Crippen LogP contribution is -2.51. The molecule has 1 saturated heterocycles. The van der Waals surface area contributed by atoms with Crippen molar-refractivity contribution in [1.29, 1.82) is 0 Å². The van der Waals surface area contributed by atoms with Crippen molar-refractivity contribution in [3.8, 4) is 11.1 Å². The second-order valence-electron chi connectivity index (χ2n) is 7.67. The first kappa shape index (κ1) is 18.9. The van der Waals surface area contributed by atoms with Crippen LogP contribution in [0, 0.1) is 5.92 Å². The third kappa shape index (κ3) is 3.88. The van der Waals surface area contributed by atoms with E-state index in [1.54, 1.807) is 11.0 Å². The Kier molecular flexibility index (Phi) is 4.84. The van der Waals surface area contributed by atoms with Crippen molar-refractivity contribution in [2.75, 3.05) is 25.9 Å². The van der Waals surface area contributed by atoms with Crippen molar-refractivity contribution in [1.82, 2.24) is 14.2 Å². The summed E-state index contributed by atoms with van der Waals surface area (Å²) < 4.78 is 26.6. The SMILES string of the molecule is CS(=O)(=O)NCC(=O)N1C[C@@H]2C[C@H](C1)c1cc(-c3ccccc3)cc(=O)n1C2. The van der Waals surface area contributed by atoms with Gasteiger partial charge in [0.15, 0.2) is 0 Å². The van der Waals surface area contributed by atoms with Crippen molar-refractivity contribution in [3.63, 3.8) is 0 Å². The second kappa shape index (κ2) is 7.18. The lowest BCUT2D eigenvalue weighted by Gasteiger charge is -2.43. The van der Waals surface area contributed by atoms with Gasteiger partial charge in [-0.1, -0.05) is 30.3 Å². The van der Waals surface area contributed by atoms with Crippen molar-refractivity contribution >= 4 is 15.9 Å². The van der Waals surface area contributed by atoms with Gasteiger partial charge in [0, 0.05) is 37.3 Å². The molecule has 0 aliphatic carbocycles. The smallest absolute Gasteiger partial charge is 0.251 e. The molecule has 1 N–H and O–H groups in total. The number of pyridine rings is 1. The summed E-state index contributed by atoms with van der Waals surface area (Å²) in [5, 5.41) is 0. The van der Waals surface area contributed by atoms with Gasteiger partial charge in [0.05, 0.1) is 12.8 Å². The minimum Gasteiger partial charge on any atom is -0.341 e. The second-order valence-corrected chi connectivity index (χ2v) is 9.51. The van der Waals surface area contributed by atoms with E-state index in [2.05, 4.69) is 10.8 Å². The predicted molar refractivity (Wildman–Crippen MR) is 106 cm³/mol. The predicted octanol–water partition coefficient (Wildman–Crippen LogP) is 1.01. The maximum Gasteiger partial charge on any atom is 0.251 e. The molecule has 2 aliphatic rings. The summed E-state index contributed by atoms with van der Waals surface area (Å²) in [5.74, 6) is 0.0508. The van der Waals surface area contributed by atoms with Crippen molar-refractivity contribution in [2.24, 2.45) is 5.92 Å². The van der Waals surface area contributed by atoms with E-state index in [4.69, 9.17) is 0 Å². The Bertz CT molecular complexity index is 1060. The molecular formula is C20H23N3O4S. The molecule has 1 amide bonds. The number of nitrogens with one attached hydrogen (secondary N) is 1. The summed E-state index contributed by atoms with van der Waals surface area (Å²) in [4.78, 5) is 26.9. The highest BCUT2D eigenvalue weighted by Gasteiger charge is 2.36. The Hall–Kier alpha value is -2.45. The summed E-state index contributed by atoms with van der Waals surface area (Å²) >= 11 is 0. The fourth-order valence-electron chi connectivity index (χ4n) is 4.26. The summed E-state index contributed by atoms with van der Waals surface area (Å²) in [6.07, 6.45) is 1.97. The van der Waals surface area contributed by atoms with Crippen LogP contribution in [0.15, 0.2) is 47.3 Å². The van der Waals surface area contributed by atoms with Gasteiger partial charge in [0.25, 0.3) is 5.56 Å². The zero-order valence-corrected chi connectivity index (χ0v) is 16.5. The standard InChI is InChI=1S/C20H23N3O4S/c1-28(26,27)21-10-20(25)22-11-14-7-17(13-22)18-8-16(9-19(24)23(18)12-14)15-5-3-2-4-6-15/h2-6,8-9,14,17,21H,7,10-13H2,1H3/t14-,17+/m0/s1. The Morgan fingerprint density at radius 1 is 1.11 bits per heavy atom. The highest BCUT2D eigenvalue weighted by molar-refractivity contribution is 7.88. The van der Waals surface area contributed by atoms with Crippen LogP contribution in [0.2, 0.25) is 0 Å². The summed E-state index contributed by atoms with van der Waals surface area (Å²) in [5.41, 5.74) is 2.82. The molecule has 8 heteroatoms. The largest absolute Gasteiger partial charge is 0.341 e. The van der Waals surface area contributed by atoms with Gasteiger partial charge in [-0.25, -0.2) is 13.1 Å². The number of amides is 1. The van der Waals surface area contributed by atoms with E-state index in [0.29, 0.717) is 19.6 Å². The fraction of sp³-hybridized carbons (Fsp3) is 0.400. The molecule has 2 aliphatic heterocycles. The van der Waals surface area contributed by atoms with E-state index in [1.807, 2.05) is 34.9 Å². The maximum atomic E-state index is 12.7. The van der Waals surface area contributed by atoms with Crippen LogP contribution < -0.4 is 10.3 Å². The number of fused-ring (bicyclic) bond motifs is 4. The number of aromatic nitrogens is 1. The molecule has 2 aromatic rings. The van der Waals surface area contributed by atoms with Gasteiger partial charge < -0.3 is 9.47 Å². The molecule has 0 unspecified atom stereocenters. The molecule has 4 rings (SSSR count). The Morgan fingerprint density at radius 2 is 1.86 bits per heavy atom. The van der Waals surface area contributed by atoms with Gasteiger partial charge in [0.1, 0.15) is 0 Å². The van der Waals surface area contributed by atoms with Gasteiger partial charge in [-0.15, -0.1) is 0 Å². The topological polar surface area (TPSA) is 88.5 Å². The summed E-state index contributed by atoms with van der Waals surface area (Å²) in [7, 11) is -3.41. The number of benzene rings is 1. The number of carbonyl (C=O) groups is 1. The van der Waals surface area contributed by atoms with Crippen LogP contribution in [-0.4, -0.2) is 49.7 Å². The van der Waals surface area contributed by atoms with Crippen molar-refractivity contribution in [3.05, 3.63) is 58.5 Å². The minimum absolute atomic E-state index is 0.00965. The average molecular weight is 401 g/mol. The molecule has 28 heavy (non-hydrogen) atoms. The van der Waals surface area contributed by atoms with Crippen molar-refractivity contribution < 1.29 is 13.2 Å². The number of likely N-dealkylation sites (tertiary alicyclic amines) is 1. The number of piperidine rings is 1. The molecule has 1 aromatic carbocycles. The van der Waals surface area contributed by atoms with Crippen LogP contribution in [0.3, 0.4) is 0 Å². The van der Waals surface area contributed by atoms with Crippen LogP contribution >= 0.6 is 0 Å². The third-order valence-electron chi connectivity index (χ3n) is 5.50. The lowest BCUT2D eigenvalue weighted by molar-refractivity contribution is -0.132. The van der Waals surface area contributed by atoms with Crippen LogP contribution in [-0.2, 0) is 21.4 Å². The molecule has 148 valence electrons. The van der Waals surface area contributed by atoms with E-state index in [1.165, 1.54) is 0 Å². The molecule has 0 saturated carbocycles. The molecule has 7 nitrogen and oxygen atoms in total. The van der Waals surface area contributed by atoms with Gasteiger partial charge in [-0.3, -0.25) is 9.59 Å². The Morgan fingerprint density at radius 3 is 2.57 bits per heavy atom. The monoisotopic (exact) mass is 401 g/mol. The molecule has 2 bridgehead atoms. The number of hydrogen-bond acceptors (Lipinski definition) is 4. The third-order valence-corrected chi connectivity index (χ3v) is 6.17. The van der Waals surface area contributed by atoms with Crippen LogP contribution in [0.25, 0.3) is 11.1 Å². The quantitative estimate of drug-likeness (QED) is 0.828. The number of carbonyl (C=O) groups excluding carboxylic acids is 1. The van der Waals surface area contributed by atoms with E-state index >= 15 is 0 Å². The molecule has 0 radical (unpaired) electrons. The number of sulfonamides is 1. The number of nitrogens with zero attached hydrogens (tertiary/aromatic N) is 2. The first-order valence-electron chi connectivity index (χ1n) is 9.33. The minimum atomic E-state index is -3.41. The molecule has 1 fully saturated rings. The van der Waals surface area contributed by atoms with Crippen LogP contribution in [0.1, 0.15) is 18.0 Å². The normalized spacial score (nSPS) is 21.2. The summed E-state index contributed by atoms with van der Waals surface area (Å²) in [6, 6.07) is 13.5. The Balaban J connectivity index is 1.61. The first-order valence-corrected chi connectivity index (χ1v) is 11.2. The fourth-order valence-corrected chi connectivity index (χ4v) is 4.65. The molecule has 2 atom stereocenters. The van der Waals surface area contributed by atoms with Gasteiger partial charge in [0.2, 0.25) is 15.9 Å². The highest BCUT2D eigenvalue weighted by Crippen LogP contribution is 2.36. The summed E-state index contributed by atoms with van der Waals surface area (Å²) in [6.45, 7) is 1.41. The molecule has 1 aromatic heterocycles. The number of rotatable bonds is 4. The zero-order valence-electron chi connectivity index (χ0n) is 15.7. The van der Waals surface area contributed by atoms with E-state index in [-0.39, 0.29) is 29.8 Å². The van der Waals surface area contributed by atoms with E-state index in [9.17, 15) is 18.0 Å². The van der Waals surface area contributed by atoms with Crippen molar-refractivity contribution in [2.45, 2.75) is 18.9 Å². The molecule has 3 heterocycles. The van der Waals surface area contributed by atoms with Gasteiger partial charge in [-0.05, 0) is 29.5 Å². The lowest BCUT2D eigenvalue weighted by atomic mass is 9.82. The van der Waals surface area contributed by atoms with E-state index < -0.39 is 10.0 Å². The highest BCUT2D eigenvalue weighted by atomic mass is 32.2. The molecule has 0 spiro atoms. The van der Waals surface area contributed by atoms with Crippen LogP contribution in [0.5, 0.6) is 0 Å². The van der Waals surface area contributed by atoms with E-state index in [0.717, 1.165) is 29.5 Å². The maximum absolute atomic E-state index is 12.7. The van der Waals surface area contributed by atoms with Crippen LogP contribution in [0.4, 0.5) is 0 Å². The first-order chi connectivity index (χ1) is 13.3. The zero-order chi connectivity index (χ0) is 19.9. The number of hydrogen-bond donors (Lipinski definition) is 1. The van der Waals surface area contributed by atoms with Gasteiger partial charge >= 0.3 is 0 Å². The molecular weight excluding hydrogens is 378 g/mol.